The topological polar surface area (TPSA) is 119 Å². The number of nitrogens with two attached hydrogens (primary N) is 1. The summed E-state index contributed by atoms with van der Waals surface area (Å²) in [7, 11) is -3.93. The quantitative estimate of drug-likeness (QED) is 0.449. The molecular formula is C20H15Cl2N5O3S. The molecule has 0 unspecified atom stereocenters. The van der Waals surface area contributed by atoms with Crippen LogP contribution >= 0.6 is 23.2 Å². The summed E-state index contributed by atoms with van der Waals surface area (Å²) in [6.45, 7) is 1.59. The van der Waals surface area contributed by atoms with Crippen LogP contribution in [0.15, 0.2) is 64.6 Å². The van der Waals surface area contributed by atoms with Crippen LogP contribution in [0.4, 0.5) is 11.5 Å². The highest BCUT2D eigenvalue weighted by atomic mass is 35.5. The first-order valence-electron chi connectivity index (χ1n) is 8.90. The van der Waals surface area contributed by atoms with Crippen molar-refractivity contribution in [1.29, 1.82) is 0 Å². The maximum absolute atomic E-state index is 13.2. The van der Waals surface area contributed by atoms with Crippen LogP contribution in [0, 0.1) is 6.92 Å². The fourth-order valence-electron chi connectivity index (χ4n) is 3.11. The Balaban J connectivity index is 1.96. The zero-order chi connectivity index (χ0) is 22.3. The molecule has 0 aliphatic rings. The minimum Gasteiger partial charge on any atom is -0.365 e. The van der Waals surface area contributed by atoms with Crippen LogP contribution < -0.4 is 11.1 Å². The highest BCUT2D eigenvalue weighted by Gasteiger charge is 2.27. The Morgan fingerprint density at radius 2 is 1.74 bits per heavy atom. The van der Waals surface area contributed by atoms with E-state index in [0.717, 1.165) is 0 Å². The molecule has 31 heavy (non-hydrogen) atoms. The molecule has 8 nitrogen and oxygen atoms in total. The summed E-state index contributed by atoms with van der Waals surface area (Å²) < 4.78 is 27.5. The minimum atomic E-state index is -3.93. The van der Waals surface area contributed by atoms with Gasteiger partial charge < -0.3 is 11.1 Å². The van der Waals surface area contributed by atoms with Gasteiger partial charge in [-0.3, -0.25) is 4.79 Å². The van der Waals surface area contributed by atoms with Gasteiger partial charge in [0.25, 0.3) is 5.91 Å². The predicted molar refractivity (Wildman–Crippen MR) is 118 cm³/mol. The van der Waals surface area contributed by atoms with Crippen molar-refractivity contribution in [3.05, 3.63) is 75.9 Å². The van der Waals surface area contributed by atoms with Gasteiger partial charge in [-0.15, -0.1) is 0 Å². The van der Waals surface area contributed by atoms with Crippen LogP contribution in [0.25, 0.3) is 5.65 Å². The molecule has 0 bridgehead atoms. The zero-order valence-electron chi connectivity index (χ0n) is 16.0. The van der Waals surface area contributed by atoms with Gasteiger partial charge in [0.05, 0.1) is 4.90 Å². The molecule has 0 aliphatic carbocycles. The normalized spacial score (nSPS) is 11.6. The lowest BCUT2D eigenvalue weighted by Crippen LogP contribution is -2.17. The van der Waals surface area contributed by atoms with Crippen LogP contribution in [0.2, 0.25) is 10.0 Å². The second-order valence-electron chi connectivity index (χ2n) is 6.65. The molecule has 3 N–H and O–H groups in total. The number of benzene rings is 2. The molecule has 11 heteroatoms. The average molecular weight is 476 g/mol. The number of rotatable bonds is 5. The predicted octanol–water partition coefficient (Wildman–Crippen LogP) is 4.02. The van der Waals surface area contributed by atoms with Crippen molar-refractivity contribution < 1.29 is 13.2 Å². The van der Waals surface area contributed by atoms with E-state index in [2.05, 4.69) is 15.4 Å². The second kappa shape index (κ2) is 7.84. The third kappa shape index (κ3) is 3.83. The standard InChI is InChI=1S/C20H15Cl2N5O3S/c1-11-18-24-10-16(17(23)28)19(25-14-8-12(21)7-13(22)9-14)27(18)26-20(11)31(29,30)15-5-3-2-4-6-15/h2-10,25H,1H3,(H2,23,28). The summed E-state index contributed by atoms with van der Waals surface area (Å²) in [4.78, 5) is 16.3. The Hall–Kier alpha value is -3.14. The van der Waals surface area contributed by atoms with Gasteiger partial charge in [-0.1, -0.05) is 41.4 Å². The van der Waals surface area contributed by atoms with Crippen LogP contribution in [0.5, 0.6) is 0 Å². The highest BCUT2D eigenvalue weighted by molar-refractivity contribution is 7.91. The summed E-state index contributed by atoms with van der Waals surface area (Å²) in [6, 6.07) is 12.6. The molecule has 0 atom stereocenters. The SMILES string of the molecule is Cc1c(S(=O)(=O)c2ccccc2)nn2c(Nc3cc(Cl)cc(Cl)c3)c(C(N)=O)cnc12. The fraction of sp³-hybridized carbons (Fsp3) is 0.0500. The van der Waals surface area contributed by atoms with E-state index < -0.39 is 15.7 Å². The third-order valence-corrected chi connectivity index (χ3v) is 6.76. The van der Waals surface area contributed by atoms with Gasteiger partial charge in [0, 0.05) is 27.5 Å². The van der Waals surface area contributed by atoms with Gasteiger partial charge in [-0.25, -0.2) is 13.4 Å². The second-order valence-corrected chi connectivity index (χ2v) is 9.39. The molecule has 0 radical (unpaired) electrons. The summed E-state index contributed by atoms with van der Waals surface area (Å²) >= 11 is 12.1. The van der Waals surface area contributed by atoms with Crippen molar-refractivity contribution >= 4 is 56.1 Å². The molecule has 4 aromatic rings. The van der Waals surface area contributed by atoms with Gasteiger partial charge in [0.2, 0.25) is 9.84 Å². The van der Waals surface area contributed by atoms with E-state index in [1.807, 2.05) is 0 Å². The van der Waals surface area contributed by atoms with Crippen molar-refractivity contribution in [2.24, 2.45) is 5.73 Å². The van der Waals surface area contributed by atoms with Crippen molar-refractivity contribution in [3.63, 3.8) is 0 Å². The molecule has 158 valence electrons. The number of hydrogen-bond acceptors (Lipinski definition) is 6. The van der Waals surface area contributed by atoms with Crippen molar-refractivity contribution in [2.75, 3.05) is 5.32 Å². The van der Waals surface area contributed by atoms with Crippen LogP contribution in [-0.4, -0.2) is 28.9 Å². The number of sulfone groups is 1. The Morgan fingerprint density at radius 3 is 2.35 bits per heavy atom. The van der Waals surface area contributed by atoms with E-state index in [-0.39, 0.29) is 26.9 Å². The summed E-state index contributed by atoms with van der Waals surface area (Å²) in [5, 5.41) is 7.83. The summed E-state index contributed by atoms with van der Waals surface area (Å²) in [5.41, 5.74) is 6.54. The number of primary amides is 1. The number of halogens is 2. The van der Waals surface area contributed by atoms with Crippen molar-refractivity contribution in [1.82, 2.24) is 14.6 Å². The summed E-state index contributed by atoms with van der Waals surface area (Å²) in [6.07, 6.45) is 1.26. The number of nitrogens with zero attached hydrogens (tertiary/aromatic N) is 3. The van der Waals surface area contributed by atoms with Gasteiger partial charge in [0.1, 0.15) is 11.4 Å². The van der Waals surface area contributed by atoms with Gasteiger partial charge in [-0.05, 0) is 37.3 Å². The molecule has 0 saturated carbocycles. The van der Waals surface area contributed by atoms with Crippen molar-refractivity contribution in [2.45, 2.75) is 16.8 Å². The molecule has 4 rings (SSSR count). The number of anilines is 2. The maximum atomic E-state index is 13.2. The molecule has 0 spiro atoms. The first-order valence-corrected chi connectivity index (χ1v) is 11.1. The highest BCUT2D eigenvalue weighted by Crippen LogP contribution is 2.30. The number of hydrogen-bond donors (Lipinski definition) is 2. The first-order chi connectivity index (χ1) is 14.7. The number of fused-ring (bicyclic) bond motifs is 1. The van der Waals surface area contributed by atoms with E-state index in [9.17, 15) is 13.2 Å². The lowest BCUT2D eigenvalue weighted by molar-refractivity contribution is 0.100. The number of amides is 1. The van der Waals surface area contributed by atoms with E-state index in [1.54, 1.807) is 43.3 Å². The maximum Gasteiger partial charge on any atom is 0.254 e. The van der Waals surface area contributed by atoms with Gasteiger partial charge in [0.15, 0.2) is 10.7 Å². The van der Waals surface area contributed by atoms with Crippen molar-refractivity contribution in [3.8, 4) is 0 Å². The minimum absolute atomic E-state index is 0.00903. The van der Waals surface area contributed by atoms with Gasteiger partial charge in [-0.2, -0.15) is 9.61 Å². The van der Waals surface area contributed by atoms with E-state index in [4.69, 9.17) is 28.9 Å². The zero-order valence-corrected chi connectivity index (χ0v) is 18.3. The van der Waals surface area contributed by atoms with Gasteiger partial charge >= 0.3 is 0 Å². The number of carbonyl (C=O) groups is 1. The molecule has 0 fully saturated rings. The Morgan fingerprint density at radius 1 is 1.10 bits per heavy atom. The third-order valence-electron chi connectivity index (χ3n) is 4.53. The monoisotopic (exact) mass is 475 g/mol. The lowest BCUT2D eigenvalue weighted by Gasteiger charge is -2.12. The fourth-order valence-corrected chi connectivity index (χ4v) is 5.05. The van der Waals surface area contributed by atoms with Crippen LogP contribution in [0.3, 0.4) is 0 Å². The van der Waals surface area contributed by atoms with E-state index in [0.29, 0.717) is 21.3 Å². The molecule has 1 amide bonds. The smallest absolute Gasteiger partial charge is 0.254 e. The molecular weight excluding hydrogens is 461 g/mol. The number of aryl methyl sites for hydroxylation is 1. The molecule has 0 saturated heterocycles. The average Bonchev–Trinajstić information content (AvgIpc) is 3.06. The number of nitrogens with one attached hydrogen (secondary N) is 1. The molecule has 2 aromatic heterocycles. The summed E-state index contributed by atoms with van der Waals surface area (Å²) in [5.74, 6) is -0.640. The molecule has 2 aromatic carbocycles. The number of carbonyl (C=O) groups excluding carboxylic acids is 1. The largest absolute Gasteiger partial charge is 0.365 e. The van der Waals surface area contributed by atoms with Crippen LogP contribution in [-0.2, 0) is 9.84 Å². The molecule has 2 heterocycles. The first kappa shape index (κ1) is 21.1. The Kier molecular flexibility index (Phi) is 5.34. The Labute approximate surface area is 187 Å². The Bertz CT molecular complexity index is 1420. The van der Waals surface area contributed by atoms with E-state index in [1.165, 1.54) is 22.8 Å². The van der Waals surface area contributed by atoms with Crippen LogP contribution in [0.1, 0.15) is 15.9 Å². The lowest BCUT2D eigenvalue weighted by atomic mass is 10.2. The van der Waals surface area contributed by atoms with E-state index >= 15 is 0 Å². The number of aromatic nitrogens is 3. The molecule has 0 aliphatic heterocycles.